The van der Waals surface area contributed by atoms with Gasteiger partial charge in [0.05, 0.1) is 0 Å². The molecule has 5 nitrogen and oxygen atoms in total. The molecule has 0 bridgehead atoms. The SMILES string of the molecule is CC(C)(C)OC(=O)N1C(C(C)(C)C)CC[C@H]1C(=O)O. The zero-order valence-corrected chi connectivity index (χ0v) is 12.7. The van der Waals surface area contributed by atoms with Crippen molar-refractivity contribution in [2.24, 2.45) is 5.41 Å². The van der Waals surface area contributed by atoms with Crippen molar-refractivity contribution in [3.63, 3.8) is 0 Å². The summed E-state index contributed by atoms with van der Waals surface area (Å²) in [5, 5.41) is 9.26. The van der Waals surface area contributed by atoms with Crippen LogP contribution in [-0.4, -0.2) is 39.8 Å². The Morgan fingerprint density at radius 3 is 2.00 bits per heavy atom. The number of rotatable bonds is 1. The van der Waals surface area contributed by atoms with Crippen LogP contribution in [0.3, 0.4) is 0 Å². The molecule has 1 unspecified atom stereocenters. The Balaban J connectivity index is 2.99. The maximum atomic E-state index is 12.3. The van der Waals surface area contributed by atoms with Gasteiger partial charge < -0.3 is 9.84 Å². The van der Waals surface area contributed by atoms with Gasteiger partial charge >= 0.3 is 12.1 Å². The van der Waals surface area contributed by atoms with E-state index in [0.29, 0.717) is 12.8 Å². The lowest BCUT2D eigenvalue weighted by Gasteiger charge is -2.37. The van der Waals surface area contributed by atoms with E-state index in [1.54, 1.807) is 20.8 Å². The Labute approximate surface area is 114 Å². The summed E-state index contributed by atoms with van der Waals surface area (Å²) in [5.41, 5.74) is -0.785. The van der Waals surface area contributed by atoms with Gasteiger partial charge in [0.25, 0.3) is 0 Å². The lowest BCUT2D eigenvalue weighted by atomic mass is 9.85. The zero-order valence-electron chi connectivity index (χ0n) is 12.7. The van der Waals surface area contributed by atoms with Gasteiger partial charge in [-0.25, -0.2) is 9.59 Å². The van der Waals surface area contributed by atoms with Crippen molar-refractivity contribution in [2.45, 2.75) is 72.1 Å². The molecule has 1 rings (SSSR count). The van der Waals surface area contributed by atoms with Crippen LogP contribution in [0.1, 0.15) is 54.4 Å². The first-order chi connectivity index (χ1) is 8.43. The smallest absolute Gasteiger partial charge is 0.411 e. The molecule has 1 fully saturated rings. The van der Waals surface area contributed by atoms with Crippen LogP contribution in [0.25, 0.3) is 0 Å². The predicted molar refractivity (Wildman–Crippen MR) is 72.0 cm³/mol. The minimum absolute atomic E-state index is 0.108. The van der Waals surface area contributed by atoms with Crippen LogP contribution in [0.4, 0.5) is 4.79 Å². The van der Waals surface area contributed by atoms with Crippen LogP contribution in [-0.2, 0) is 9.53 Å². The highest BCUT2D eigenvalue weighted by Crippen LogP contribution is 2.37. The summed E-state index contributed by atoms with van der Waals surface area (Å²) in [4.78, 5) is 25.0. The molecule has 0 aliphatic carbocycles. The van der Waals surface area contributed by atoms with Crippen LogP contribution in [0, 0.1) is 5.41 Å². The number of amides is 1. The van der Waals surface area contributed by atoms with E-state index >= 15 is 0 Å². The largest absolute Gasteiger partial charge is 0.480 e. The van der Waals surface area contributed by atoms with Gasteiger partial charge in [-0.15, -0.1) is 0 Å². The minimum Gasteiger partial charge on any atom is -0.480 e. The van der Waals surface area contributed by atoms with E-state index in [1.165, 1.54) is 4.90 Å². The molecule has 5 heteroatoms. The average Bonchev–Trinajstić information content (AvgIpc) is 2.57. The number of hydrogen-bond acceptors (Lipinski definition) is 3. The third kappa shape index (κ3) is 3.85. The maximum absolute atomic E-state index is 12.3. The van der Waals surface area contributed by atoms with Gasteiger partial charge in [-0.1, -0.05) is 20.8 Å². The molecule has 1 aliphatic rings. The number of ether oxygens (including phenoxy) is 1. The molecule has 0 aromatic heterocycles. The summed E-state index contributed by atoms with van der Waals surface area (Å²) >= 11 is 0. The van der Waals surface area contributed by atoms with Crippen molar-refractivity contribution in [1.29, 1.82) is 0 Å². The highest BCUT2D eigenvalue weighted by Gasteiger charge is 2.47. The molecule has 1 N–H and O–H groups in total. The molecular formula is C14H25NO4. The number of likely N-dealkylation sites (tertiary alicyclic amines) is 1. The summed E-state index contributed by atoms with van der Waals surface area (Å²) in [6.45, 7) is 11.4. The normalized spacial score (nSPS) is 24.4. The van der Waals surface area contributed by atoms with Crippen LogP contribution in [0.15, 0.2) is 0 Å². The summed E-state index contributed by atoms with van der Waals surface area (Å²) in [6.07, 6.45) is 0.647. The quantitative estimate of drug-likeness (QED) is 0.796. The Bertz CT molecular complexity index is 365. The minimum atomic E-state index is -0.961. The number of hydrogen-bond donors (Lipinski definition) is 1. The van der Waals surface area contributed by atoms with Crippen molar-refractivity contribution in [3.05, 3.63) is 0 Å². The van der Waals surface area contributed by atoms with E-state index in [4.69, 9.17) is 4.74 Å². The zero-order chi connectivity index (χ0) is 15.0. The third-order valence-electron chi connectivity index (χ3n) is 3.27. The number of carbonyl (C=O) groups is 2. The lowest BCUT2D eigenvalue weighted by Crippen LogP contribution is -2.51. The Kier molecular flexibility index (Phi) is 4.17. The van der Waals surface area contributed by atoms with E-state index in [9.17, 15) is 14.7 Å². The second-order valence-corrected chi connectivity index (χ2v) is 7.20. The van der Waals surface area contributed by atoms with Gasteiger partial charge in [0.1, 0.15) is 11.6 Å². The van der Waals surface area contributed by atoms with Crippen molar-refractivity contribution in [2.75, 3.05) is 0 Å². The fraction of sp³-hybridized carbons (Fsp3) is 0.857. The molecule has 0 aromatic carbocycles. The molecule has 1 saturated heterocycles. The van der Waals surface area contributed by atoms with E-state index < -0.39 is 23.7 Å². The van der Waals surface area contributed by atoms with Crippen molar-refractivity contribution < 1.29 is 19.4 Å². The molecule has 1 amide bonds. The summed E-state index contributed by atoms with van der Waals surface area (Å²) in [6, 6.07) is -0.887. The summed E-state index contributed by atoms with van der Waals surface area (Å²) < 4.78 is 5.35. The second-order valence-electron chi connectivity index (χ2n) is 7.20. The molecule has 2 atom stereocenters. The van der Waals surface area contributed by atoms with Crippen LogP contribution >= 0.6 is 0 Å². The summed E-state index contributed by atoms with van der Waals surface area (Å²) in [7, 11) is 0. The lowest BCUT2D eigenvalue weighted by molar-refractivity contribution is -0.143. The number of carboxylic acids is 1. The fourth-order valence-electron chi connectivity index (χ4n) is 2.47. The van der Waals surface area contributed by atoms with Gasteiger partial charge in [-0.05, 0) is 39.0 Å². The first-order valence-corrected chi connectivity index (χ1v) is 6.67. The maximum Gasteiger partial charge on any atom is 0.411 e. The van der Waals surface area contributed by atoms with E-state index in [2.05, 4.69) is 0 Å². The molecule has 0 radical (unpaired) electrons. The Morgan fingerprint density at radius 2 is 1.63 bits per heavy atom. The second kappa shape index (κ2) is 5.02. The first-order valence-electron chi connectivity index (χ1n) is 6.67. The molecule has 110 valence electrons. The number of aliphatic carboxylic acids is 1. The van der Waals surface area contributed by atoms with Crippen LogP contribution in [0.5, 0.6) is 0 Å². The van der Waals surface area contributed by atoms with Gasteiger partial charge in [-0.2, -0.15) is 0 Å². The Morgan fingerprint density at radius 1 is 1.11 bits per heavy atom. The number of nitrogens with zero attached hydrogens (tertiary/aromatic N) is 1. The number of carbonyl (C=O) groups excluding carboxylic acids is 1. The van der Waals surface area contributed by atoms with Gasteiger partial charge in [0.2, 0.25) is 0 Å². The molecule has 1 aliphatic heterocycles. The topological polar surface area (TPSA) is 66.8 Å². The Hall–Kier alpha value is -1.26. The van der Waals surface area contributed by atoms with Crippen LogP contribution < -0.4 is 0 Å². The monoisotopic (exact) mass is 271 g/mol. The average molecular weight is 271 g/mol. The van der Waals surface area contributed by atoms with E-state index in [-0.39, 0.29) is 11.5 Å². The van der Waals surface area contributed by atoms with E-state index in [0.717, 1.165) is 0 Å². The van der Waals surface area contributed by atoms with Crippen molar-refractivity contribution in [1.82, 2.24) is 4.90 Å². The molecule has 0 aromatic rings. The highest BCUT2D eigenvalue weighted by atomic mass is 16.6. The molecular weight excluding hydrogens is 246 g/mol. The first kappa shape index (κ1) is 15.8. The van der Waals surface area contributed by atoms with Gasteiger partial charge in [0.15, 0.2) is 0 Å². The van der Waals surface area contributed by atoms with Gasteiger partial charge in [0, 0.05) is 6.04 Å². The third-order valence-corrected chi connectivity index (χ3v) is 3.27. The van der Waals surface area contributed by atoms with Crippen LogP contribution in [0.2, 0.25) is 0 Å². The van der Waals surface area contributed by atoms with Gasteiger partial charge in [-0.3, -0.25) is 4.90 Å². The number of carboxylic acid groups (broad SMARTS) is 1. The van der Waals surface area contributed by atoms with Crippen molar-refractivity contribution >= 4 is 12.1 Å². The standard InChI is InChI=1S/C14H25NO4/c1-13(2,3)10-8-7-9(11(16)17)15(10)12(18)19-14(4,5)6/h9-10H,7-8H2,1-6H3,(H,16,17)/t9-,10?/m0/s1. The fourth-order valence-corrected chi connectivity index (χ4v) is 2.47. The molecule has 0 spiro atoms. The predicted octanol–water partition coefficient (Wildman–Crippen LogP) is 2.89. The summed E-state index contributed by atoms with van der Waals surface area (Å²) in [5.74, 6) is -0.961. The van der Waals surface area contributed by atoms with Crippen molar-refractivity contribution in [3.8, 4) is 0 Å². The molecule has 1 heterocycles. The molecule has 0 saturated carbocycles. The highest BCUT2D eigenvalue weighted by molar-refractivity contribution is 5.81. The molecule has 19 heavy (non-hydrogen) atoms. The van der Waals surface area contributed by atoms with E-state index in [1.807, 2.05) is 20.8 Å².